The molecule has 5 nitrogen and oxygen atoms in total. The molecule has 5 heteroatoms. The molecule has 0 bridgehead atoms. The van der Waals surface area contributed by atoms with E-state index in [4.69, 9.17) is 5.11 Å². The van der Waals surface area contributed by atoms with Crippen molar-refractivity contribution >= 4 is 11.9 Å². The van der Waals surface area contributed by atoms with E-state index in [9.17, 15) is 9.59 Å². The van der Waals surface area contributed by atoms with Crippen molar-refractivity contribution in [3.63, 3.8) is 0 Å². The minimum absolute atomic E-state index is 0. The van der Waals surface area contributed by atoms with E-state index >= 15 is 0 Å². The van der Waals surface area contributed by atoms with Crippen LogP contribution in [-0.4, -0.2) is 35.1 Å². The highest BCUT2D eigenvalue weighted by Crippen LogP contribution is 1.96. The quantitative estimate of drug-likeness (QED) is 0.335. The normalized spacial score (nSPS) is 10.5. The Labute approximate surface area is 69.7 Å². The van der Waals surface area contributed by atoms with Crippen molar-refractivity contribution in [3.05, 3.63) is 12.2 Å². The summed E-state index contributed by atoms with van der Waals surface area (Å²) in [6.07, 6.45) is -0.0301. The summed E-state index contributed by atoms with van der Waals surface area (Å²) in [5.74, 6) is -0.496. The molecule has 0 aromatic rings. The maximum Gasteiger partial charge on any atom is 0.235 e. The second-order valence-electron chi connectivity index (χ2n) is 2.09. The van der Waals surface area contributed by atoms with Crippen LogP contribution in [0.15, 0.2) is 17.1 Å². The Morgan fingerprint density at radius 3 is 2.58 bits per heavy atom. The molecule has 0 aliphatic rings. The van der Waals surface area contributed by atoms with Crippen LogP contribution in [0.5, 0.6) is 0 Å². The van der Waals surface area contributed by atoms with Crippen LogP contribution in [0.1, 0.15) is 6.92 Å². The van der Waals surface area contributed by atoms with Crippen LogP contribution in [0.25, 0.3) is 0 Å². The fraction of sp³-hybridized carbons (Fsp3) is 0.429. The number of isocyanates is 1. The van der Waals surface area contributed by atoms with E-state index in [0.29, 0.717) is 0 Å². The maximum atomic E-state index is 10.8. The number of hydrogen-bond donors (Lipinski definition) is 1. The van der Waals surface area contributed by atoms with Crippen LogP contribution in [-0.2, 0) is 9.59 Å². The van der Waals surface area contributed by atoms with Crippen molar-refractivity contribution in [1.82, 2.24) is 0 Å². The predicted molar refractivity (Wildman–Crippen MR) is 42.4 cm³/mol. The third-order valence-electron chi connectivity index (χ3n) is 1.05. The van der Waals surface area contributed by atoms with Gasteiger partial charge in [-0.1, -0.05) is 6.58 Å². The van der Waals surface area contributed by atoms with E-state index in [0.717, 1.165) is 0 Å². The highest BCUT2D eigenvalue weighted by molar-refractivity contribution is 5.97. The zero-order chi connectivity index (χ0) is 8.85. The standard InChI is InChI=1S/C7H9NO3.H2O/c1-5(2)7(11)6(10)3-8-4-9;/h6,10H,1,3H2,2H3;1H2. The second kappa shape index (κ2) is 6.42. The molecule has 3 N–H and O–H groups in total. The van der Waals surface area contributed by atoms with Gasteiger partial charge in [0.25, 0.3) is 0 Å². The molecule has 0 heterocycles. The number of nitrogens with zero attached hydrogens (tertiary/aromatic N) is 1. The summed E-state index contributed by atoms with van der Waals surface area (Å²) in [5, 5.41) is 8.94. The minimum Gasteiger partial charge on any atom is -0.412 e. The van der Waals surface area contributed by atoms with Crippen molar-refractivity contribution in [2.24, 2.45) is 4.99 Å². The summed E-state index contributed by atoms with van der Waals surface area (Å²) in [6, 6.07) is 0. The Balaban J connectivity index is 0. The van der Waals surface area contributed by atoms with Crippen LogP contribution in [0.4, 0.5) is 0 Å². The zero-order valence-electron chi connectivity index (χ0n) is 6.70. The summed E-state index contributed by atoms with van der Waals surface area (Å²) in [4.78, 5) is 23.4. The van der Waals surface area contributed by atoms with E-state index in [1.165, 1.54) is 13.0 Å². The molecule has 0 spiro atoms. The van der Waals surface area contributed by atoms with Gasteiger partial charge in [0.1, 0.15) is 6.10 Å². The Hall–Kier alpha value is -1.29. The number of aliphatic hydroxyl groups is 1. The number of ketones is 1. The van der Waals surface area contributed by atoms with Crippen LogP contribution in [0.3, 0.4) is 0 Å². The first-order valence-electron chi connectivity index (χ1n) is 3.01. The Morgan fingerprint density at radius 2 is 2.25 bits per heavy atom. The largest absolute Gasteiger partial charge is 0.412 e. The van der Waals surface area contributed by atoms with Crippen molar-refractivity contribution in [1.29, 1.82) is 0 Å². The maximum absolute atomic E-state index is 10.8. The van der Waals surface area contributed by atoms with Crippen LogP contribution >= 0.6 is 0 Å². The van der Waals surface area contributed by atoms with E-state index in [2.05, 4.69) is 11.6 Å². The summed E-state index contributed by atoms with van der Waals surface area (Å²) in [7, 11) is 0. The molecule has 12 heavy (non-hydrogen) atoms. The van der Waals surface area contributed by atoms with Gasteiger partial charge >= 0.3 is 0 Å². The first-order valence-corrected chi connectivity index (χ1v) is 3.01. The fourth-order valence-corrected chi connectivity index (χ4v) is 0.491. The molecular formula is C7H11NO4. The summed E-state index contributed by atoms with van der Waals surface area (Å²) < 4.78 is 0. The lowest BCUT2D eigenvalue weighted by molar-refractivity contribution is -0.122. The molecule has 0 aliphatic carbocycles. The van der Waals surface area contributed by atoms with Gasteiger partial charge in [-0.05, 0) is 12.5 Å². The Kier molecular flexibility index (Phi) is 7.12. The van der Waals surface area contributed by atoms with Crippen molar-refractivity contribution < 1.29 is 20.2 Å². The number of aliphatic hydroxyl groups excluding tert-OH is 1. The average Bonchev–Trinajstić information content (AvgIpc) is 1.98. The van der Waals surface area contributed by atoms with Gasteiger partial charge in [-0.25, -0.2) is 9.79 Å². The molecular weight excluding hydrogens is 162 g/mol. The van der Waals surface area contributed by atoms with E-state index in [1.807, 2.05) is 0 Å². The predicted octanol–water partition coefficient (Wildman–Crippen LogP) is -0.996. The van der Waals surface area contributed by atoms with Crippen molar-refractivity contribution in [3.8, 4) is 0 Å². The van der Waals surface area contributed by atoms with Gasteiger partial charge in [-0.15, -0.1) is 0 Å². The monoisotopic (exact) mass is 173 g/mol. The molecule has 0 fully saturated rings. The van der Waals surface area contributed by atoms with Crippen LogP contribution in [0.2, 0.25) is 0 Å². The first kappa shape index (κ1) is 13.3. The SMILES string of the molecule is C=C(C)C(=O)C(O)CN=C=O.O. The van der Waals surface area contributed by atoms with Gasteiger partial charge in [0, 0.05) is 0 Å². The number of Topliss-reactive ketones (excluding diaryl/α,β-unsaturated/α-hetero) is 1. The second-order valence-corrected chi connectivity index (χ2v) is 2.09. The topological polar surface area (TPSA) is 98.2 Å². The third-order valence-corrected chi connectivity index (χ3v) is 1.05. The molecule has 0 aromatic carbocycles. The molecule has 1 atom stereocenters. The smallest absolute Gasteiger partial charge is 0.235 e. The van der Waals surface area contributed by atoms with Crippen LogP contribution in [0, 0.1) is 0 Å². The molecule has 68 valence electrons. The fourth-order valence-electron chi connectivity index (χ4n) is 0.491. The van der Waals surface area contributed by atoms with Crippen LogP contribution < -0.4 is 0 Å². The molecule has 0 amide bonds. The lowest BCUT2D eigenvalue weighted by Gasteiger charge is -2.03. The summed E-state index contributed by atoms with van der Waals surface area (Å²) >= 11 is 0. The lowest BCUT2D eigenvalue weighted by atomic mass is 10.1. The summed E-state index contributed by atoms with van der Waals surface area (Å²) in [5.41, 5.74) is 0.249. The highest BCUT2D eigenvalue weighted by atomic mass is 16.3. The first-order chi connectivity index (χ1) is 5.09. The Morgan fingerprint density at radius 1 is 1.75 bits per heavy atom. The average molecular weight is 173 g/mol. The molecule has 0 aliphatic heterocycles. The number of hydrogen-bond acceptors (Lipinski definition) is 4. The van der Waals surface area contributed by atoms with Crippen molar-refractivity contribution in [2.45, 2.75) is 13.0 Å². The summed E-state index contributed by atoms with van der Waals surface area (Å²) in [6.45, 7) is 4.58. The molecule has 1 unspecified atom stereocenters. The van der Waals surface area contributed by atoms with E-state index < -0.39 is 11.9 Å². The number of aliphatic imine (C=N–C) groups is 1. The van der Waals surface area contributed by atoms with Gasteiger partial charge in [0.2, 0.25) is 6.08 Å². The lowest BCUT2D eigenvalue weighted by Crippen LogP contribution is -2.23. The number of carbonyl (C=O) groups excluding carboxylic acids is 2. The highest BCUT2D eigenvalue weighted by Gasteiger charge is 2.13. The van der Waals surface area contributed by atoms with E-state index in [-0.39, 0.29) is 17.6 Å². The number of rotatable bonds is 4. The van der Waals surface area contributed by atoms with Crippen molar-refractivity contribution in [2.75, 3.05) is 6.54 Å². The molecule has 0 rings (SSSR count). The Bertz CT molecular complexity index is 217. The molecule has 0 radical (unpaired) electrons. The number of carbonyl (C=O) groups is 1. The van der Waals surface area contributed by atoms with E-state index in [1.54, 1.807) is 0 Å². The molecule has 0 saturated heterocycles. The molecule has 0 aromatic heterocycles. The van der Waals surface area contributed by atoms with Gasteiger partial charge < -0.3 is 10.6 Å². The van der Waals surface area contributed by atoms with Gasteiger partial charge in [0.05, 0.1) is 6.54 Å². The van der Waals surface area contributed by atoms with Gasteiger partial charge in [-0.3, -0.25) is 4.79 Å². The zero-order valence-corrected chi connectivity index (χ0v) is 6.70. The molecule has 0 saturated carbocycles. The minimum atomic E-state index is -1.26. The van der Waals surface area contributed by atoms with Gasteiger partial charge in [-0.2, -0.15) is 0 Å². The van der Waals surface area contributed by atoms with Gasteiger partial charge in [0.15, 0.2) is 5.78 Å². The third kappa shape index (κ3) is 4.51.